The summed E-state index contributed by atoms with van der Waals surface area (Å²) in [7, 11) is 0. The molecule has 0 fully saturated rings. The summed E-state index contributed by atoms with van der Waals surface area (Å²) >= 11 is 0. The molecule has 2 rings (SSSR count). The Morgan fingerprint density at radius 2 is 1.86 bits per heavy atom. The molecular formula is C17H21N3O2. The average Bonchev–Trinajstić information content (AvgIpc) is 3.08. The Hall–Kier alpha value is -2.56. The van der Waals surface area contributed by atoms with Crippen molar-refractivity contribution in [3.8, 4) is 0 Å². The van der Waals surface area contributed by atoms with Crippen molar-refractivity contribution in [2.45, 2.75) is 20.8 Å². The van der Waals surface area contributed by atoms with E-state index in [4.69, 9.17) is 4.42 Å². The van der Waals surface area contributed by atoms with E-state index < -0.39 is 0 Å². The highest BCUT2D eigenvalue weighted by atomic mass is 16.3. The van der Waals surface area contributed by atoms with Crippen LogP contribution in [-0.4, -0.2) is 24.7 Å². The summed E-state index contributed by atoms with van der Waals surface area (Å²) in [5.74, 6) is 0.397. The number of carbonyl (C=O) groups is 1. The lowest BCUT2D eigenvalue weighted by Gasteiger charge is -2.20. The molecule has 1 amide bonds. The van der Waals surface area contributed by atoms with Crippen LogP contribution in [0.15, 0.2) is 52.2 Å². The number of furan rings is 1. The van der Waals surface area contributed by atoms with E-state index in [2.05, 4.69) is 29.3 Å². The molecule has 0 radical (unpaired) electrons. The molecule has 1 N–H and O–H groups in total. The lowest BCUT2D eigenvalue weighted by molar-refractivity contribution is 0.0955. The maximum Gasteiger partial charge on any atom is 0.271 e. The van der Waals surface area contributed by atoms with E-state index in [1.165, 1.54) is 0 Å². The second-order valence-electron chi connectivity index (χ2n) is 4.83. The predicted octanol–water partition coefficient (Wildman–Crippen LogP) is 3.28. The van der Waals surface area contributed by atoms with E-state index in [1.54, 1.807) is 37.5 Å². The number of rotatable bonds is 6. The van der Waals surface area contributed by atoms with Gasteiger partial charge in [-0.25, -0.2) is 5.43 Å². The SMILES string of the molecule is CCN(CC)c1ccc(C(=O)NN=C(C)c2ccco2)cc1. The fourth-order valence-electron chi connectivity index (χ4n) is 2.15. The van der Waals surface area contributed by atoms with Gasteiger partial charge < -0.3 is 9.32 Å². The Balaban J connectivity index is 2.02. The minimum Gasteiger partial charge on any atom is -0.463 e. The van der Waals surface area contributed by atoms with E-state index in [0.717, 1.165) is 18.8 Å². The fraction of sp³-hybridized carbons (Fsp3) is 0.294. The lowest BCUT2D eigenvalue weighted by Crippen LogP contribution is -2.22. The number of hydrogen-bond donors (Lipinski definition) is 1. The molecule has 0 atom stereocenters. The summed E-state index contributed by atoms with van der Waals surface area (Å²) in [5, 5.41) is 4.05. The third-order valence-corrected chi connectivity index (χ3v) is 3.46. The summed E-state index contributed by atoms with van der Waals surface area (Å²) in [5.41, 5.74) is 4.85. The number of anilines is 1. The number of carbonyl (C=O) groups excluding carboxylic acids is 1. The summed E-state index contributed by atoms with van der Waals surface area (Å²) < 4.78 is 5.21. The Bertz CT molecular complexity index is 626. The number of nitrogens with one attached hydrogen (secondary N) is 1. The van der Waals surface area contributed by atoms with Gasteiger partial charge in [0.2, 0.25) is 0 Å². The standard InChI is InChI=1S/C17H21N3O2/c1-4-20(5-2)15-10-8-14(9-11-15)17(21)19-18-13(3)16-7-6-12-22-16/h6-12H,4-5H2,1-3H3,(H,19,21). The van der Waals surface area contributed by atoms with Gasteiger partial charge in [0.25, 0.3) is 5.91 Å². The van der Waals surface area contributed by atoms with Crippen LogP contribution in [0.4, 0.5) is 5.69 Å². The summed E-state index contributed by atoms with van der Waals surface area (Å²) in [6, 6.07) is 11.1. The second kappa shape index (κ2) is 7.45. The number of nitrogens with zero attached hydrogens (tertiary/aromatic N) is 2. The Morgan fingerprint density at radius 3 is 2.41 bits per heavy atom. The number of amides is 1. The van der Waals surface area contributed by atoms with Crippen LogP contribution in [0.3, 0.4) is 0 Å². The third kappa shape index (κ3) is 3.75. The van der Waals surface area contributed by atoms with Crippen LogP contribution in [-0.2, 0) is 0 Å². The smallest absolute Gasteiger partial charge is 0.271 e. The van der Waals surface area contributed by atoms with Crippen molar-refractivity contribution in [2.24, 2.45) is 5.10 Å². The zero-order valence-corrected chi connectivity index (χ0v) is 13.2. The van der Waals surface area contributed by atoms with Crippen molar-refractivity contribution in [3.63, 3.8) is 0 Å². The molecule has 5 nitrogen and oxygen atoms in total. The predicted molar refractivity (Wildman–Crippen MR) is 88.4 cm³/mol. The van der Waals surface area contributed by atoms with Crippen LogP contribution >= 0.6 is 0 Å². The zero-order valence-electron chi connectivity index (χ0n) is 13.2. The highest BCUT2D eigenvalue weighted by Crippen LogP contribution is 2.14. The van der Waals surface area contributed by atoms with Gasteiger partial charge in [0.05, 0.1) is 6.26 Å². The topological polar surface area (TPSA) is 57.8 Å². The van der Waals surface area contributed by atoms with E-state index in [9.17, 15) is 4.79 Å². The van der Waals surface area contributed by atoms with E-state index in [0.29, 0.717) is 17.0 Å². The molecule has 1 aromatic carbocycles. The van der Waals surface area contributed by atoms with E-state index in [-0.39, 0.29) is 5.91 Å². The molecule has 116 valence electrons. The molecule has 1 heterocycles. The minimum atomic E-state index is -0.239. The largest absolute Gasteiger partial charge is 0.463 e. The van der Waals surface area contributed by atoms with Gasteiger partial charge >= 0.3 is 0 Å². The molecule has 0 aliphatic rings. The fourth-order valence-corrected chi connectivity index (χ4v) is 2.15. The molecule has 0 spiro atoms. The highest BCUT2D eigenvalue weighted by molar-refractivity contribution is 5.99. The van der Waals surface area contributed by atoms with Crippen LogP contribution in [0.2, 0.25) is 0 Å². The van der Waals surface area contributed by atoms with Gasteiger partial charge in [0.1, 0.15) is 11.5 Å². The van der Waals surface area contributed by atoms with Crippen molar-refractivity contribution < 1.29 is 9.21 Å². The molecule has 2 aromatic rings. The quantitative estimate of drug-likeness (QED) is 0.658. The van der Waals surface area contributed by atoms with Gasteiger partial charge in [-0.1, -0.05) is 0 Å². The van der Waals surface area contributed by atoms with Gasteiger partial charge in [-0.2, -0.15) is 5.10 Å². The van der Waals surface area contributed by atoms with Crippen molar-refractivity contribution in [3.05, 3.63) is 54.0 Å². The first kappa shape index (κ1) is 15.8. The summed E-state index contributed by atoms with van der Waals surface area (Å²) in [6.07, 6.45) is 1.57. The van der Waals surface area contributed by atoms with Gasteiger partial charge in [-0.15, -0.1) is 0 Å². The minimum absolute atomic E-state index is 0.239. The third-order valence-electron chi connectivity index (χ3n) is 3.46. The zero-order chi connectivity index (χ0) is 15.9. The van der Waals surface area contributed by atoms with Crippen LogP contribution in [0.1, 0.15) is 36.9 Å². The molecule has 1 aromatic heterocycles. The first-order valence-electron chi connectivity index (χ1n) is 7.39. The Kier molecular flexibility index (Phi) is 5.36. The molecule has 22 heavy (non-hydrogen) atoms. The van der Waals surface area contributed by atoms with Crippen LogP contribution in [0, 0.1) is 0 Å². The second-order valence-corrected chi connectivity index (χ2v) is 4.83. The number of hydrogen-bond acceptors (Lipinski definition) is 4. The number of hydrazone groups is 1. The molecule has 0 bridgehead atoms. The van der Waals surface area contributed by atoms with E-state index >= 15 is 0 Å². The van der Waals surface area contributed by atoms with Crippen molar-refractivity contribution >= 4 is 17.3 Å². The average molecular weight is 299 g/mol. The van der Waals surface area contributed by atoms with Gasteiger partial charge in [-0.3, -0.25) is 4.79 Å². The highest BCUT2D eigenvalue weighted by Gasteiger charge is 2.07. The molecule has 0 saturated heterocycles. The van der Waals surface area contributed by atoms with Gasteiger partial charge in [0.15, 0.2) is 0 Å². The Morgan fingerprint density at radius 1 is 1.18 bits per heavy atom. The molecule has 0 unspecified atom stereocenters. The number of benzene rings is 1. The molecular weight excluding hydrogens is 278 g/mol. The maximum absolute atomic E-state index is 12.1. The van der Waals surface area contributed by atoms with E-state index in [1.807, 2.05) is 12.1 Å². The summed E-state index contributed by atoms with van der Waals surface area (Å²) in [4.78, 5) is 14.3. The molecule has 0 aliphatic heterocycles. The Labute approximate surface area is 130 Å². The maximum atomic E-state index is 12.1. The van der Waals surface area contributed by atoms with Crippen LogP contribution in [0.5, 0.6) is 0 Å². The first-order chi connectivity index (χ1) is 10.7. The van der Waals surface area contributed by atoms with Crippen molar-refractivity contribution in [1.29, 1.82) is 0 Å². The summed E-state index contributed by atoms with van der Waals surface area (Å²) in [6.45, 7) is 7.87. The normalized spacial score (nSPS) is 11.3. The van der Waals surface area contributed by atoms with Gasteiger partial charge in [-0.05, 0) is 57.2 Å². The monoisotopic (exact) mass is 299 g/mol. The van der Waals surface area contributed by atoms with Crippen LogP contribution < -0.4 is 10.3 Å². The van der Waals surface area contributed by atoms with Crippen molar-refractivity contribution in [1.82, 2.24) is 5.43 Å². The van der Waals surface area contributed by atoms with Crippen LogP contribution in [0.25, 0.3) is 0 Å². The molecule has 0 aliphatic carbocycles. The molecule has 0 saturated carbocycles. The van der Waals surface area contributed by atoms with Crippen molar-refractivity contribution in [2.75, 3.05) is 18.0 Å². The first-order valence-corrected chi connectivity index (χ1v) is 7.39. The lowest BCUT2D eigenvalue weighted by atomic mass is 10.2. The van der Waals surface area contributed by atoms with Gasteiger partial charge in [0, 0.05) is 24.3 Å². The molecule has 5 heteroatoms.